The monoisotopic (exact) mass is 361 g/mol. The molecule has 0 aliphatic carbocycles. The summed E-state index contributed by atoms with van der Waals surface area (Å²) in [5, 5.41) is 2.67. The Balaban J connectivity index is 1.84. The largest absolute Gasteiger partial charge is 0.334 e. The van der Waals surface area contributed by atoms with Crippen LogP contribution in [0.15, 0.2) is 18.2 Å². The van der Waals surface area contributed by atoms with E-state index in [9.17, 15) is 22.0 Å². The Morgan fingerprint density at radius 2 is 2.08 bits per heavy atom. The molecule has 0 aromatic heterocycles. The Labute approximate surface area is 140 Å². The van der Waals surface area contributed by atoms with Crippen molar-refractivity contribution in [2.24, 2.45) is 5.92 Å². The highest BCUT2D eigenvalue weighted by molar-refractivity contribution is 7.88. The number of sulfonamides is 1. The van der Waals surface area contributed by atoms with Gasteiger partial charge < -0.3 is 10.2 Å². The van der Waals surface area contributed by atoms with Crippen molar-refractivity contribution in [2.75, 3.05) is 25.9 Å². The van der Waals surface area contributed by atoms with Gasteiger partial charge in [-0.25, -0.2) is 26.7 Å². The third-order valence-corrected chi connectivity index (χ3v) is 4.56. The van der Waals surface area contributed by atoms with Crippen LogP contribution < -0.4 is 10.0 Å². The topological polar surface area (TPSA) is 78.5 Å². The Morgan fingerprint density at radius 3 is 2.75 bits per heavy atom. The van der Waals surface area contributed by atoms with Gasteiger partial charge in [-0.05, 0) is 36.5 Å². The molecule has 1 heterocycles. The lowest BCUT2D eigenvalue weighted by atomic mass is 9.99. The molecule has 0 saturated carbocycles. The fraction of sp³-hybridized carbons (Fsp3) is 0.533. The minimum atomic E-state index is -3.25. The van der Waals surface area contributed by atoms with Crippen LogP contribution in [0.25, 0.3) is 0 Å². The lowest BCUT2D eigenvalue weighted by Crippen LogP contribution is -2.47. The van der Waals surface area contributed by atoms with Gasteiger partial charge in [-0.2, -0.15) is 0 Å². The van der Waals surface area contributed by atoms with Gasteiger partial charge in [0.05, 0.1) is 6.26 Å². The number of nitrogens with one attached hydrogen (secondary N) is 2. The van der Waals surface area contributed by atoms with Crippen molar-refractivity contribution in [1.29, 1.82) is 0 Å². The molecule has 9 heteroatoms. The van der Waals surface area contributed by atoms with Gasteiger partial charge in [0.15, 0.2) is 11.6 Å². The molecule has 6 nitrogen and oxygen atoms in total. The van der Waals surface area contributed by atoms with E-state index < -0.39 is 21.7 Å². The standard InChI is InChI=1S/C15H21F2N3O3S/c1-24(22,23)19-9-12-3-2-6-20(10-12)15(21)18-8-11-4-5-13(16)14(17)7-11/h4-5,7,12,19H,2-3,6,8-10H2,1H3,(H,18,21). The average molecular weight is 361 g/mol. The summed E-state index contributed by atoms with van der Waals surface area (Å²) in [5.41, 5.74) is 0.467. The normalized spacial score (nSPS) is 18.5. The highest BCUT2D eigenvalue weighted by Gasteiger charge is 2.24. The average Bonchev–Trinajstić information content (AvgIpc) is 2.53. The van der Waals surface area contributed by atoms with Gasteiger partial charge in [0, 0.05) is 26.2 Å². The minimum absolute atomic E-state index is 0.0579. The third-order valence-electron chi connectivity index (χ3n) is 3.87. The zero-order chi connectivity index (χ0) is 17.7. The zero-order valence-electron chi connectivity index (χ0n) is 13.4. The number of rotatable bonds is 5. The van der Waals surface area contributed by atoms with Gasteiger partial charge in [-0.15, -0.1) is 0 Å². The van der Waals surface area contributed by atoms with Crippen LogP contribution >= 0.6 is 0 Å². The fourth-order valence-electron chi connectivity index (χ4n) is 2.62. The molecule has 2 rings (SSSR count). The van der Waals surface area contributed by atoms with Gasteiger partial charge in [-0.1, -0.05) is 6.07 Å². The molecule has 1 saturated heterocycles. The van der Waals surface area contributed by atoms with E-state index in [1.807, 2.05) is 0 Å². The van der Waals surface area contributed by atoms with Crippen LogP contribution in [0.1, 0.15) is 18.4 Å². The molecule has 1 aromatic carbocycles. The number of hydrogen-bond acceptors (Lipinski definition) is 3. The van der Waals surface area contributed by atoms with E-state index in [4.69, 9.17) is 0 Å². The van der Waals surface area contributed by atoms with E-state index >= 15 is 0 Å². The molecule has 134 valence electrons. The van der Waals surface area contributed by atoms with E-state index in [2.05, 4.69) is 10.0 Å². The first kappa shape index (κ1) is 18.6. The second-order valence-corrected chi connectivity index (χ2v) is 7.82. The highest BCUT2D eigenvalue weighted by Crippen LogP contribution is 2.16. The summed E-state index contributed by atoms with van der Waals surface area (Å²) in [6, 6.07) is 3.17. The third kappa shape index (κ3) is 5.72. The molecule has 0 radical (unpaired) electrons. The predicted molar refractivity (Wildman–Crippen MR) is 85.7 cm³/mol. The van der Waals surface area contributed by atoms with Crippen molar-refractivity contribution in [1.82, 2.24) is 14.9 Å². The van der Waals surface area contributed by atoms with Gasteiger partial charge in [-0.3, -0.25) is 0 Å². The lowest BCUT2D eigenvalue weighted by Gasteiger charge is -2.32. The quantitative estimate of drug-likeness (QED) is 0.833. The lowest BCUT2D eigenvalue weighted by molar-refractivity contribution is 0.166. The number of urea groups is 1. The number of nitrogens with zero attached hydrogens (tertiary/aromatic N) is 1. The van der Waals surface area contributed by atoms with E-state index in [1.165, 1.54) is 6.07 Å². The Kier molecular flexibility index (Phi) is 6.11. The molecule has 2 N–H and O–H groups in total. The Hall–Kier alpha value is -1.74. The van der Waals surface area contributed by atoms with Crippen molar-refractivity contribution in [3.63, 3.8) is 0 Å². The van der Waals surface area contributed by atoms with Crippen LogP contribution in [-0.2, 0) is 16.6 Å². The predicted octanol–water partition coefficient (Wildman–Crippen LogP) is 1.44. The number of piperidine rings is 1. The molecular formula is C15H21F2N3O3S. The zero-order valence-corrected chi connectivity index (χ0v) is 14.2. The van der Waals surface area contributed by atoms with Crippen molar-refractivity contribution in [3.8, 4) is 0 Å². The minimum Gasteiger partial charge on any atom is -0.334 e. The maximum Gasteiger partial charge on any atom is 0.317 e. The van der Waals surface area contributed by atoms with Gasteiger partial charge >= 0.3 is 6.03 Å². The van der Waals surface area contributed by atoms with Crippen LogP contribution in [0.4, 0.5) is 13.6 Å². The molecule has 24 heavy (non-hydrogen) atoms. The number of amides is 2. The van der Waals surface area contributed by atoms with Gasteiger partial charge in [0.25, 0.3) is 0 Å². The van der Waals surface area contributed by atoms with Crippen molar-refractivity contribution < 1.29 is 22.0 Å². The fourth-order valence-corrected chi connectivity index (χ4v) is 3.16. The van der Waals surface area contributed by atoms with Crippen LogP contribution in [-0.4, -0.2) is 45.2 Å². The van der Waals surface area contributed by atoms with E-state index in [-0.39, 0.29) is 18.5 Å². The molecule has 0 bridgehead atoms. The molecule has 1 aliphatic heterocycles. The summed E-state index contributed by atoms with van der Waals surface area (Å²) in [7, 11) is -3.25. The van der Waals surface area contributed by atoms with Crippen LogP contribution in [0.3, 0.4) is 0 Å². The smallest absolute Gasteiger partial charge is 0.317 e. The van der Waals surface area contributed by atoms with Crippen molar-refractivity contribution >= 4 is 16.1 Å². The summed E-state index contributed by atoms with van der Waals surface area (Å²) >= 11 is 0. The highest BCUT2D eigenvalue weighted by atomic mass is 32.2. The maximum atomic E-state index is 13.1. The maximum absolute atomic E-state index is 13.1. The van der Waals surface area contributed by atoms with E-state index in [0.29, 0.717) is 25.2 Å². The molecule has 1 aromatic rings. The van der Waals surface area contributed by atoms with Gasteiger partial charge in [0.1, 0.15) is 0 Å². The number of halogens is 2. The number of carbonyl (C=O) groups excluding carboxylic acids is 1. The molecule has 0 spiro atoms. The second kappa shape index (κ2) is 7.89. The Bertz CT molecular complexity index is 697. The molecule has 1 atom stereocenters. The number of likely N-dealkylation sites (tertiary alicyclic amines) is 1. The summed E-state index contributed by atoms with van der Waals surface area (Å²) in [4.78, 5) is 13.8. The summed E-state index contributed by atoms with van der Waals surface area (Å²) in [6.07, 6.45) is 2.73. The number of hydrogen-bond donors (Lipinski definition) is 2. The molecule has 1 aliphatic rings. The van der Waals surface area contributed by atoms with Crippen LogP contribution in [0, 0.1) is 17.6 Å². The van der Waals surface area contributed by atoms with Gasteiger partial charge in [0.2, 0.25) is 10.0 Å². The molecule has 2 amide bonds. The first-order chi connectivity index (χ1) is 11.2. The van der Waals surface area contributed by atoms with Crippen LogP contribution in [0.2, 0.25) is 0 Å². The Morgan fingerprint density at radius 1 is 1.33 bits per heavy atom. The van der Waals surface area contributed by atoms with Crippen molar-refractivity contribution in [3.05, 3.63) is 35.4 Å². The first-order valence-electron chi connectivity index (χ1n) is 7.66. The van der Waals surface area contributed by atoms with E-state index in [1.54, 1.807) is 4.90 Å². The summed E-state index contributed by atoms with van der Waals surface area (Å²) in [5.74, 6) is -1.82. The molecule has 1 unspecified atom stereocenters. The van der Waals surface area contributed by atoms with Crippen LogP contribution in [0.5, 0.6) is 0 Å². The second-order valence-electron chi connectivity index (χ2n) is 5.98. The SMILES string of the molecule is CS(=O)(=O)NCC1CCCN(C(=O)NCc2ccc(F)c(F)c2)C1. The van der Waals surface area contributed by atoms with Crippen molar-refractivity contribution in [2.45, 2.75) is 19.4 Å². The van der Waals surface area contributed by atoms with E-state index in [0.717, 1.165) is 31.2 Å². The summed E-state index contributed by atoms with van der Waals surface area (Å²) < 4.78 is 50.7. The first-order valence-corrected chi connectivity index (χ1v) is 9.55. The number of benzene rings is 1. The molecular weight excluding hydrogens is 340 g/mol. The molecule has 1 fully saturated rings. The number of carbonyl (C=O) groups is 1. The summed E-state index contributed by atoms with van der Waals surface area (Å²) in [6.45, 7) is 1.43.